The van der Waals surface area contributed by atoms with Crippen LogP contribution in [0, 0.1) is 0 Å². The minimum Gasteiger partial charge on any atom is -0.377 e. The molecule has 0 aromatic carbocycles. The Labute approximate surface area is 110 Å². The van der Waals surface area contributed by atoms with Crippen LogP contribution in [0.5, 0.6) is 0 Å². The van der Waals surface area contributed by atoms with E-state index in [0.29, 0.717) is 19.0 Å². The molecule has 5 nitrogen and oxygen atoms in total. The van der Waals surface area contributed by atoms with E-state index < -0.39 is 10.0 Å². The molecule has 1 heterocycles. The molecule has 2 aliphatic rings. The summed E-state index contributed by atoms with van der Waals surface area (Å²) in [6.45, 7) is 1.99. The quantitative estimate of drug-likeness (QED) is 0.638. The molecule has 6 heteroatoms. The van der Waals surface area contributed by atoms with Gasteiger partial charge >= 0.3 is 0 Å². The van der Waals surface area contributed by atoms with Crippen LogP contribution >= 0.6 is 0 Å². The van der Waals surface area contributed by atoms with Crippen LogP contribution in [0.4, 0.5) is 0 Å². The number of rotatable bonds is 8. The van der Waals surface area contributed by atoms with Crippen molar-refractivity contribution < 1.29 is 13.2 Å². The third-order valence-electron chi connectivity index (χ3n) is 3.41. The fourth-order valence-corrected chi connectivity index (χ4v) is 3.22. The first-order valence-electron chi connectivity index (χ1n) is 6.98. The lowest BCUT2D eigenvalue weighted by Gasteiger charge is -2.22. The standard InChI is InChI=1S/C12H24N2O3S/c15-18(16,9-3-7-13-11-5-6-11)14-10-12-4-1-2-8-17-12/h11-14H,1-10H2. The van der Waals surface area contributed by atoms with E-state index >= 15 is 0 Å². The molecule has 0 spiro atoms. The molecule has 0 amide bonds. The van der Waals surface area contributed by atoms with Crippen molar-refractivity contribution >= 4 is 10.0 Å². The van der Waals surface area contributed by atoms with Crippen molar-refractivity contribution in [1.82, 2.24) is 10.0 Å². The van der Waals surface area contributed by atoms with Crippen LogP contribution < -0.4 is 10.0 Å². The smallest absolute Gasteiger partial charge is 0.211 e. The van der Waals surface area contributed by atoms with E-state index in [1.165, 1.54) is 12.8 Å². The van der Waals surface area contributed by atoms with Gasteiger partial charge in [-0.05, 0) is 45.1 Å². The zero-order valence-corrected chi connectivity index (χ0v) is 11.7. The summed E-state index contributed by atoms with van der Waals surface area (Å²) in [6, 6.07) is 0.649. The lowest BCUT2D eigenvalue weighted by atomic mass is 10.1. The molecule has 1 saturated heterocycles. The first-order valence-corrected chi connectivity index (χ1v) is 8.63. The van der Waals surface area contributed by atoms with E-state index in [1.807, 2.05) is 0 Å². The number of hydrogen-bond acceptors (Lipinski definition) is 4. The maximum absolute atomic E-state index is 11.7. The molecule has 0 radical (unpaired) electrons. The van der Waals surface area contributed by atoms with Crippen molar-refractivity contribution in [2.45, 2.75) is 50.7 Å². The van der Waals surface area contributed by atoms with Gasteiger partial charge in [-0.25, -0.2) is 13.1 Å². The third kappa shape index (κ3) is 5.65. The van der Waals surface area contributed by atoms with Gasteiger partial charge in [0, 0.05) is 19.2 Å². The molecule has 1 atom stereocenters. The summed E-state index contributed by atoms with van der Waals surface area (Å²) in [5, 5.41) is 3.32. The maximum Gasteiger partial charge on any atom is 0.211 e. The summed E-state index contributed by atoms with van der Waals surface area (Å²) in [5.41, 5.74) is 0. The molecule has 2 fully saturated rings. The van der Waals surface area contributed by atoms with Crippen molar-refractivity contribution in [2.24, 2.45) is 0 Å². The Morgan fingerprint density at radius 2 is 2.00 bits per heavy atom. The average Bonchev–Trinajstić information content (AvgIpc) is 3.18. The summed E-state index contributed by atoms with van der Waals surface area (Å²) in [4.78, 5) is 0. The van der Waals surface area contributed by atoms with Crippen molar-refractivity contribution in [3.63, 3.8) is 0 Å². The van der Waals surface area contributed by atoms with Gasteiger partial charge in [0.2, 0.25) is 10.0 Å². The van der Waals surface area contributed by atoms with Crippen LogP contribution in [-0.2, 0) is 14.8 Å². The zero-order valence-electron chi connectivity index (χ0n) is 10.9. The van der Waals surface area contributed by atoms with Crippen LogP contribution in [0.15, 0.2) is 0 Å². The second kappa shape index (κ2) is 6.84. The Balaban J connectivity index is 1.56. The fourth-order valence-electron chi connectivity index (χ4n) is 2.12. The van der Waals surface area contributed by atoms with Gasteiger partial charge in [-0.3, -0.25) is 0 Å². The molecule has 0 aromatic heterocycles. The number of ether oxygens (including phenoxy) is 1. The Kier molecular flexibility index (Phi) is 5.41. The van der Waals surface area contributed by atoms with Gasteiger partial charge in [0.15, 0.2) is 0 Å². The van der Waals surface area contributed by atoms with Gasteiger partial charge in [-0.2, -0.15) is 0 Å². The van der Waals surface area contributed by atoms with E-state index in [9.17, 15) is 8.42 Å². The molecule has 106 valence electrons. The summed E-state index contributed by atoms with van der Waals surface area (Å²) in [5.74, 6) is 0.208. The number of sulfonamides is 1. The summed E-state index contributed by atoms with van der Waals surface area (Å²) in [7, 11) is -3.13. The second-order valence-corrected chi connectivity index (χ2v) is 7.16. The summed E-state index contributed by atoms with van der Waals surface area (Å²) < 4.78 is 31.6. The largest absolute Gasteiger partial charge is 0.377 e. The SMILES string of the molecule is O=S(=O)(CCCNC1CC1)NCC1CCCCO1. The number of hydrogen-bond donors (Lipinski definition) is 2. The Hall–Kier alpha value is -0.170. The molecule has 1 saturated carbocycles. The van der Waals surface area contributed by atoms with Crippen molar-refractivity contribution in [3.8, 4) is 0 Å². The lowest BCUT2D eigenvalue weighted by Crippen LogP contribution is -2.37. The van der Waals surface area contributed by atoms with Gasteiger partial charge in [-0.15, -0.1) is 0 Å². The lowest BCUT2D eigenvalue weighted by molar-refractivity contribution is 0.0200. The summed E-state index contributed by atoms with van der Waals surface area (Å²) >= 11 is 0. The minimum absolute atomic E-state index is 0.0677. The Bertz CT molecular complexity index is 335. The second-order valence-electron chi connectivity index (χ2n) is 5.24. The van der Waals surface area contributed by atoms with Crippen LogP contribution in [0.1, 0.15) is 38.5 Å². The van der Waals surface area contributed by atoms with Gasteiger partial charge in [-0.1, -0.05) is 0 Å². The van der Waals surface area contributed by atoms with E-state index in [4.69, 9.17) is 4.74 Å². The first-order chi connectivity index (χ1) is 8.66. The van der Waals surface area contributed by atoms with E-state index in [-0.39, 0.29) is 11.9 Å². The first kappa shape index (κ1) is 14.2. The highest BCUT2D eigenvalue weighted by Gasteiger charge is 2.20. The molecule has 1 aliphatic heterocycles. The molecule has 1 aliphatic carbocycles. The van der Waals surface area contributed by atoms with Crippen LogP contribution in [-0.4, -0.2) is 46.0 Å². The highest BCUT2D eigenvalue weighted by Crippen LogP contribution is 2.18. The van der Waals surface area contributed by atoms with Crippen LogP contribution in [0.2, 0.25) is 0 Å². The molecular weight excluding hydrogens is 252 g/mol. The average molecular weight is 276 g/mol. The molecule has 2 N–H and O–H groups in total. The zero-order chi connectivity index (χ0) is 12.8. The molecule has 1 unspecified atom stereocenters. The van der Waals surface area contributed by atoms with Crippen molar-refractivity contribution in [3.05, 3.63) is 0 Å². The van der Waals surface area contributed by atoms with Crippen LogP contribution in [0.25, 0.3) is 0 Å². The van der Waals surface area contributed by atoms with Gasteiger partial charge in [0.1, 0.15) is 0 Å². The molecular formula is C12H24N2O3S. The Morgan fingerprint density at radius 3 is 2.67 bits per heavy atom. The molecule has 2 rings (SSSR count). The van der Waals surface area contributed by atoms with Gasteiger partial charge in [0.05, 0.1) is 11.9 Å². The highest BCUT2D eigenvalue weighted by atomic mass is 32.2. The third-order valence-corrected chi connectivity index (χ3v) is 4.84. The monoisotopic (exact) mass is 276 g/mol. The predicted octanol–water partition coefficient (Wildman–Crippen LogP) is 0.617. The van der Waals surface area contributed by atoms with Gasteiger partial charge in [0.25, 0.3) is 0 Å². The maximum atomic E-state index is 11.7. The van der Waals surface area contributed by atoms with Crippen molar-refractivity contribution in [2.75, 3.05) is 25.4 Å². The Morgan fingerprint density at radius 1 is 1.17 bits per heavy atom. The van der Waals surface area contributed by atoms with Crippen molar-refractivity contribution in [1.29, 1.82) is 0 Å². The highest BCUT2D eigenvalue weighted by molar-refractivity contribution is 7.89. The van der Waals surface area contributed by atoms with E-state index in [0.717, 1.165) is 32.4 Å². The minimum atomic E-state index is -3.13. The predicted molar refractivity (Wildman–Crippen MR) is 71.0 cm³/mol. The van der Waals surface area contributed by atoms with E-state index in [2.05, 4.69) is 10.0 Å². The van der Waals surface area contributed by atoms with Crippen LogP contribution in [0.3, 0.4) is 0 Å². The summed E-state index contributed by atoms with van der Waals surface area (Å²) in [6.07, 6.45) is 6.42. The fraction of sp³-hybridized carbons (Fsp3) is 1.00. The van der Waals surface area contributed by atoms with E-state index in [1.54, 1.807) is 0 Å². The normalized spacial score (nSPS) is 25.2. The molecule has 0 aromatic rings. The van der Waals surface area contributed by atoms with Gasteiger partial charge < -0.3 is 10.1 Å². The topological polar surface area (TPSA) is 67.4 Å². The number of nitrogens with one attached hydrogen (secondary N) is 2. The molecule has 0 bridgehead atoms. The molecule has 18 heavy (non-hydrogen) atoms.